The third-order valence-corrected chi connectivity index (χ3v) is 11.4. The molecule has 0 aromatic heterocycles. The maximum Gasteiger partial charge on any atom is 0.128 e. The molecular weight excluding hydrogens is 488 g/mol. The van der Waals surface area contributed by atoms with Crippen molar-refractivity contribution >= 4 is 37.4 Å². The largest absolute Gasteiger partial charge is 0.496 e. The van der Waals surface area contributed by atoms with E-state index in [4.69, 9.17) is 18.9 Å². The van der Waals surface area contributed by atoms with Gasteiger partial charge in [-0.05, 0) is 55.6 Å². The monoisotopic (exact) mass is 519 g/mol. The number of benzene rings is 4. The van der Waals surface area contributed by atoms with Crippen molar-refractivity contribution in [1.29, 1.82) is 0 Å². The molecule has 0 spiro atoms. The zero-order valence-electron chi connectivity index (χ0n) is 21.2. The van der Waals surface area contributed by atoms with Crippen LogP contribution in [0.3, 0.4) is 0 Å². The molecule has 5 nitrogen and oxygen atoms in total. The molecule has 0 unspecified atom stereocenters. The van der Waals surface area contributed by atoms with Gasteiger partial charge in [-0.25, -0.2) is 4.44 Å². The minimum atomic E-state index is -1.09. The lowest BCUT2D eigenvalue weighted by atomic mass is 10.3. The number of hydrogen-bond acceptors (Lipinski definition) is 5. The van der Waals surface area contributed by atoms with Crippen LogP contribution in [0.15, 0.2) is 97.1 Å². The lowest BCUT2D eigenvalue weighted by Gasteiger charge is -2.37. The number of para-hydroxylation sites is 4. The molecule has 0 saturated heterocycles. The third kappa shape index (κ3) is 5.20. The SMILES string of the molecule is COc1ccccc1P(c1ccccc1OC)N(C)P(c1ccccc1OC)c1ccccc1OC. The summed E-state index contributed by atoms with van der Waals surface area (Å²) in [5.41, 5.74) is 0. The Balaban J connectivity index is 2.01. The normalized spacial score (nSPS) is 11.1. The van der Waals surface area contributed by atoms with E-state index in [1.807, 2.05) is 48.5 Å². The zero-order chi connectivity index (χ0) is 25.5. The molecule has 186 valence electrons. The summed E-state index contributed by atoms with van der Waals surface area (Å²) < 4.78 is 25.9. The molecule has 7 heteroatoms. The van der Waals surface area contributed by atoms with Crippen LogP contribution in [0.1, 0.15) is 0 Å². The van der Waals surface area contributed by atoms with Crippen LogP contribution in [0.5, 0.6) is 23.0 Å². The molecule has 0 aliphatic carbocycles. The minimum Gasteiger partial charge on any atom is -0.496 e. The Kier molecular flexibility index (Phi) is 8.83. The molecule has 0 aliphatic rings. The lowest BCUT2D eigenvalue weighted by molar-refractivity contribution is 0.417. The van der Waals surface area contributed by atoms with Gasteiger partial charge in [-0.15, -0.1) is 0 Å². The van der Waals surface area contributed by atoms with Crippen molar-refractivity contribution in [1.82, 2.24) is 4.44 Å². The molecule has 36 heavy (non-hydrogen) atoms. The van der Waals surface area contributed by atoms with Gasteiger partial charge in [0.15, 0.2) is 0 Å². The molecule has 0 radical (unpaired) electrons. The summed E-state index contributed by atoms with van der Waals surface area (Å²) in [5.74, 6) is 3.38. The highest BCUT2D eigenvalue weighted by Crippen LogP contribution is 2.57. The van der Waals surface area contributed by atoms with E-state index in [2.05, 4.69) is 60.0 Å². The van der Waals surface area contributed by atoms with Gasteiger partial charge in [-0.2, -0.15) is 0 Å². The average Bonchev–Trinajstić information content (AvgIpc) is 2.94. The highest BCUT2D eigenvalue weighted by atomic mass is 31.2. The average molecular weight is 520 g/mol. The van der Waals surface area contributed by atoms with Crippen molar-refractivity contribution in [3.63, 3.8) is 0 Å². The summed E-state index contributed by atoms with van der Waals surface area (Å²) in [6.07, 6.45) is 0. The molecule has 0 bridgehead atoms. The summed E-state index contributed by atoms with van der Waals surface area (Å²) in [5, 5.41) is 4.44. The van der Waals surface area contributed by atoms with Crippen LogP contribution < -0.4 is 40.2 Å². The summed E-state index contributed by atoms with van der Waals surface area (Å²) in [4.78, 5) is 0. The van der Waals surface area contributed by atoms with Crippen LogP contribution >= 0.6 is 16.1 Å². The summed E-state index contributed by atoms with van der Waals surface area (Å²) in [6, 6.07) is 32.9. The fraction of sp³-hybridized carbons (Fsp3) is 0.172. The second-order valence-corrected chi connectivity index (χ2v) is 12.5. The summed E-state index contributed by atoms with van der Waals surface area (Å²) in [6.45, 7) is 0. The van der Waals surface area contributed by atoms with E-state index in [-0.39, 0.29) is 0 Å². The van der Waals surface area contributed by atoms with Gasteiger partial charge >= 0.3 is 0 Å². The molecule has 0 aliphatic heterocycles. The third-order valence-electron chi connectivity index (χ3n) is 5.83. The fourth-order valence-corrected chi connectivity index (χ4v) is 10.2. The first-order chi connectivity index (χ1) is 17.6. The van der Waals surface area contributed by atoms with Crippen LogP contribution in [-0.2, 0) is 0 Å². The van der Waals surface area contributed by atoms with Crippen LogP contribution in [0.25, 0.3) is 0 Å². The maximum atomic E-state index is 5.86. The molecule has 0 fully saturated rings. The Bertz CT molecular complexity index is 1110. The van der Waals surface area contributed by atoms with E-state index in [9.17, 15) is 0 Å². The van der Waals surface area contributed by atoms with E-state index in [0.717, 1.165) is 44.2 Å². The van der Waals surface area contributed by atoms with Gasteiger partial charge < -0.3 is 18.9 Å². The number of nitrogens with zero attached hydrogens (tertiary/aromatic N) is 1. The predicted octanol–water partition coefficient (Wildman–Crippen LogP) is 5.05. The number of methoxy groups -OCH3 is 4. The van der Waals surface area contributed by atoms with Crippen LogP contribution in [-0.4, -0.2) is 39.9 Å². The molecule has 0 heterocycles. The number of ether oxygens (including phenoxy) is 4. The highest BCUT2D eigenvalue weighted by Gasteiger charge is 2.34. The second-order valence-electron chi connectivity index (χ2n) is 7.80. The minimum absolute atomic E-state index is 0.844. The first-order valence-corrected chi connectivity index (χ1v) is 14.1. The first-order valence-electron chi connectivity index (χ1n) is 11.5. The van der Waals surface area contributed by atoms with E-state index in [1.54, 1.807) is 28.4 Å². The van der Waals surface area contributed by atoms with Crippen LogP contribution in [0.4, 0.5) is 0 Å². The maximum absolute atomic E-state index is 5.86. The van der Waals surface area contributed by atoms with Crippen molar-refractivity contribution in [3.05, 3.63) is 97.1 Å². The fourth-order valence-electron chi connectivity index (χ4n) is 4.19. The van der Waals surface area contributed by atoms with Crippen molar-refractivity contribution < 1.29 is 18.9 Å². The molecule has 4 aromatic carbocycles. The molecule has 0 saturated carbocycles. The number of rotatable bonds is 10. The Morgan fingerprint density at radius 3 is 0.861 bits per heavy atom. The first kappa shape index (κ1) is 26.0. The van der Waals surface area contributed by atoms with Crippen molar-refractivity contribution in [2.75, 3.05) is 35.5 Å². The molecule has 4 rings (SSSR count). The van der Waals surface area contributed by atoms with Gasteiger partial charge in [-0.1, -0.05) is 48.5 Å². The van der Waals surface area contributed by atoms with Crippen molar-refractivity contribution in [2.45, 2.75) is 0 Å². The van der Waals surface area contributed by atoms with Gasteiger partial charge in [0.25, 0.3) is 0 Å². The highest BCUT2D eigenvalue weighted by molar-refractivity contribution is 7.85. The van der Waals surface area contributed by atoms with Gasteiger partial charge in [0, 0.05) is 37.4 Å². The van der Waals surface area contributed by atoms with E-state index >= 15 is 0 Å². The predicted molar refractivity (Wildman–Crippen MR) is 152 cm³/mol. The van der Waals surface area contributed by atoms with Crippen LogP contribution in [0, 0.1) is 0 Å². The molecule has 4 aromatic rings. The summed E-state index contributed by atoms with van der Waals surface area (Å²) in [7, 11) is 6.88. The molecule has 0 atom stereocenters. The van der Waals surface area contributed by atoms with E-state index in [1.165, 1.54) is 0 Å². The van der Waals surface area contributed by atoms with E-state index < -0.39 is 16.1 Å². The Labute approximate surface area is 216 Å². The second kappa shape index (κ2) is 12.2. The van der Waals surface area contributed by atoms with E-state index in [0.29, 0.717) is 0 Å². The van der Waals surface area contributed by atoms with Gasteiger partial charge in [0.1, 0.15) is 23.0 Å². The molecule has 0 amide bonds. The smallest absolute Gasteiger partial charge is 0.128 e. The van der Waals surface area contributed by atoms with Crippen molar-refractivity contribution in [2.24, 2.45) is 0 Å². The lowest BCUT2D eigenvalue weighted by Crippen LogP contribution is -2.31. The van der Waals surface area contributed by atoms with Gasteiger partial charge in [0.2, 0.25) is 0 Å². The Morgan fingerprint density at radius 2 is 0.639 bits per heavy atom. The number of hydrogen-bond donors (Lipinski definition) is 0. The molecular formula is C29H31NO4P2. The van der Waals surface area contributed by atoms with Crippen LogP contribution in [0.2, 0.25) is 0 Å². The Hall–Kier alpha value is -3.10. The topological polar surface area (TPSA) is 40.2 Å². The van der Waals surface area contributed by atoms with Crippen molar-refractivity contribution in [3.8, 4) is 23.0 Å². The Morgan fingerprint density at radius 1 is 0.417 bits per heavy atom. The van der Waals surface area contributed by atoms with Gasteiger partial charge in [-0.3, -0.25) is 0 Å². The zero-order valence-corrected chi connectivity index (χ0v) is 23.0. The van der Waals surface area contributed by atoms with Gasteiger partial charge in [0.05, 0.1) is 28.4 Å². The quantitative estimate of drug-likeness (QED) is 0.275. The standard InChI is InChI=1S/C29H31NO4P2/c1-30(35(26-18-10-6-14-22(26)31-2)27-19-11-7-15-23(27)32-3)36(28-20-12-8-16-24(28)33-4)29-21-13-9-17-25(29)34-5/h6-21H,1-5H3. The molecule has 0 N–H and O–H groups in total. The summed E-state index contributed by atoms with van der Waals surface area (Å²) >= 11 is 0.